The second-order valence-corrected chi connectivity index (χ2v) is 6.80. The Morgan fingerprint density at radius 3 is 2.86 bits per heavy atom. The Morgan fingerprint density at radius 1 is 1.33 bits per heavy atom. The largest absolute Gasteiger partial charge is 0.399 e. The molecular weight excluding hydrogens is 292 g/mol. The Labute approximate surface area is 122 Å². The Bertz CT molecular complexity index is 787. The maximum Gasteiger partial charge on any atom is 0.243 e. The lowest BCUT2D eigenvalue weighted by molar-refractivity contribution is -0.122. The van der Waals surface area contributed by atoms with Crippen LogP contribution in [0.4, 0.5) is 5.69 Å². The first kappa shape index (κ1) is 13.9. The molecule has 1 fully saturated rings. The third-order valence-electron chi connectivity index (χ3n) is 3.54. The molecule has 1 saturated heterocycles. The number of amides is 1. The molecule has 21 heavy (non-hydrogen) atoms. The number of fused-ring (bicyclic) bond motifs is 1. The van der Waals surface area contributed by atoms with E-state index in [0.29, 0.717) is 36.0 Å². The average molecular weight is 308 g/mol. The van der Waals surface area contributed by atoms with Crippen LogP contribution in [0.25, 0.3) is 10.9 Å². The van der Waals surface area contributed by atoms with E-state index in [1.54, 1.807) is 18.2 Å². The number of hydrogen-bond acceptors (Lipinski definition) is 4. The molecule has 112 valence electrons. The number of nitrogen functional groups attached to an aromatic ring is 1. The van der Waals surface area contributed by atoms with Gasteiger partial charge in [-0.15, -0.1) is 0 Å². The van der Waals surface area contributed by atoms with Crippen LogP contribution in [0, 0.1) is 0 Å². The lowest BCUT2D eigenvalue weighted by Crippen LogP contribution is -2.47. The van der Waals surface area contributed by atoms with Crippen LogP contribution >= 0.6 is 0 Å². The molecule has 7 nitrogen and oxygen atoms in total. The van der Waals surface area contributed by atoms with Gasteiger partial charge in [-0.1, -0.05) is 0 Å². The monoisotopic (exact) mass is 308 g/mol. The number of benzene rings is 1. The van der Waals surface area contributed by atoms with Gasteiger partial charge in [-0.05, 0) is 24.6 Å². The van der Waals surface area contributed by atoms with E-state index in [2.05, 4.69) is 15.0 Å². The zero-order valence-electron chi connectivity index (χ0n) is 11.2. The first-order chi connectivity index (χ1) is 9.95. The highest BCUT2D eigenvalue weighted by Crippen LogP contribution is 2.25. The summed E-state index contributed by atoms with van der Waals surface area (Å²) in [7, 11) is -3.67. The van der Waals surface area contributed by atoms with E-state index >= 15 is 0 Å². The highest BCUT2D eigenvalue weighted by molar-refractivity contribution is 7.89. The van der Waals surface area contributed by atoms with Crippen LogP contribution < -0.4 is 15.8 Å². The fourth-order valence-electron chi connectivity index (χ4n) is 2.45. The molecule has 0 radical (unpaired) electrons. The van der Waals surface area contributed by atoms with Crippen LogP contribution in [0.3, 0.4) is 0 Å². The number of aromatic amines is 1. The van der Waals surface area contributed by atoms with Gasteiger partial charge >= 0.3 is 0 Å². The van der Waals surface area contributed by atoms with Crippen LogP contribution in [0.5, 0.6) is 0 Å². The Balaban J connectivity index is 1.89. The van der Waals surface area contributed by atoms with Crippen LogP contribution in [-0.4, -0.2) is 31.9 Å². The van der Waals surface area contributed by atoms with Crippen LogP contribution in [0.2, 0.25) is 0 Å². The number of H-pyrrole nitrogens is 1. The summed E-state index contributed by atoms with van der Waals surface area (Å²) in [6.45, 7) is 0.308. The highest BCUT2D eigenvalue weighted by atomic mass is 32.2. The highest BCUT2D eigenvalue weighted by Gasteiger charge is 2.26. The van der Waals surface area contributed by atoms with Crippen molar-refractivity contribution < 1.29 is 13.2 Å². The second kappa shape index (κ2) is 5.05. The molecule has 1 aromatic carbocycles. The quantitative estimate of drug-likeness (QED) is 0.610. The summed E-state index contributed by atoms with van der Waals surface area (Å²) in [6.07, 6.45) is 2.28. The average Bonchev–Trinajstić information content (AvgIpc) is 2.85. The Kier molecular flexibility index (Phi) is 3.34. The molecule has 3 rings (SSSR count). The lowest BCUT2D eigenvalue weighted by Gasteiger charge is -2.23. The van der Waals surface area contributed by atoms with E-state index in [1.165, 1.54) is 6.20 Å². The lowest BCUT2D eigenvalue weighted by atomic mass is 10.1. The maximum absolute atomic E-state index is 12.5. The van der Waals surface area contributed by atoms with Gasteiger partial charge in [0.15, 0.2) is 0 Å². The minimum absolute atomic E-state index is 0.0506. The molecule has 5 N–H and O–H groups in total. The molecule has 2 aromatic rings. The summed E-state index contributed by atoms with van der Waals surface area (Å²) in [5.41, 5.74) is 6.93. The smallest absolute Gasteiger partial charge is 0.243 e. The number of carbonyl (C=O) groups excluding carboxylic acids is 1. The van der Waals surface area contributed by atoms with Crippen molar-refractivity contribution in [2.75, 3.05) is 12.3 Å². The fraction of sp³-hybridized carbons (Fsp3) is 0.308. The molecule has 1 aliphatic rings. The number of hydrogen-bond donors (Lipinski definition) is 4. The van der Waals surface area contributed by atoms with Gasteiger partial charge in [-0.3, -0.25) is 4.79 Å². The molecule has 1 atom stereocenters. The minimum Gasteiger partial charge on any atom is -0.399 e. The maximum atomic E-state index is 12.5. The molecule has 0 bridgehead atoms. The van der Waals surface area contributed by atoms with E-state index in [9.17, 15) is 13.2 Å². The van der Waals surface area contributed by atoms with Crippen LogP contribution in [0.1, 0.15) is 12.8 Å². The van der Waals surface area contributed by atoms with E-state index in [1.807, 2.05) is 0 Å². The molecule has 0 saturated carbocycles. The number of aromatic nitrogens is 1. The standard InChI is InChI=1S/C13H16N4O3S/c14-8-1-3-11-10(5-8)12(7-15-11)21(19,20)17-9-2-4-13(18)16-6-9/h1,3,5,7,9,15,17H,2,4,6,14H2,(H,16,18). The number of rotatable bonds is 3. The van der Waals surface area contributed by atoms with Crippen molar-refractivity contribution in [1.29, 1.82) is 0 Å². The van der Waals surface area contributed by atoms with Gasteiger partial charge < -0.3 is 16.0 Å². The SMILES string of the molecule is Nc1ccc2[nH]cc(S(=O)(=O)NC3CCC(=O)NC3)c2c1. The predicted molar refractivity (Wildman–Crippen MR) is 79.1 cm³/mol. The van der Waals surface area contributed by atoms with E-state index < -0.39 is 10.0 Å². The van der Waals surface area contributed by atoms with E-state index in [4.69, 9.17) is 5.73 Å². The van der Waals surface area contributed by atoms with Gasteiger partial charge in [-0.2, -0.15) is 0 Å². The van der Waals surface area contributed by atoms with Gasteiger partial charge in [0, 0.05) is 41.8 Å². The summed E-state index contributed by atoms with van der Waals surface area (Å²) >= 11 is 0. The normalized spacial score (nSPS) is 19.6. The Hall–Kier alpha value is -2.06. The zero-order chi connectivity index (χ0) is 15.0. The van der Waals surface area contributed by atoms with Crippen molar-refractivity contribution in [2.45, 2.75) is 23.8 Å². The van der Waals surface area contributed by atoms with E-state index in [0.717, 1.165) is 0 Å². The van der Waals surface area contributed by atoms with Gasteiger partial charge in [0.25, 0.3) is 0 Å². The molecular formula is C13H16N4O3S. The molecule has 2 heterocycles. The molecule has 8 heteroatoms. The van der Waals surface area contributed by atoms with Gasteiger partial charge in [0.2, 0.25) is 15.9 Å². The van der Waals surface area contributed by atoms with Crippen molar-refractivity contribution in [2.24, 2.45) is 0 Å². The predicted octanol–water partition coefficient (Wildman–Crippen LogP) is 0.307. The number of anilines is 1. The van der Waals surface area contributed by atoms with Gasteiger partial charge in [0.05, 0.1) is 0 Å². The van der Waals surface area contributed by atoms with Crippen molar-refractivity contribution >= 4 is 32.5 Å². The number of piperidine rings is 1. The molecule has 1 aliphatic heterocycles. The summed E-state index contributed by atoms with van der Waals surface area (Å²) < 4.78 is 27.6. The molecule has 1 amide bonds. The molecule has 1 aromatic heterocycles. The first-order valence-electron chi connectivity index (χ1n) is 6.61. The number of carbonyl (C=O) groups is 1. The summed E-state index contributed by atoms with van der Waals surface area (Å²) in [5.74, 6) is -0.0506. The molecule has 1 unspecified atom stereocenters. The number of nitrogens with two attached hydrogens (primary N) is 1. The first-order valence-corrected chi connectivity index (χ1v) is 8.10. The summed E-state index contributed by atoms with van der Waals surface area (Å²) in [5, 5.41) is 3.21. The Morgan fingerprint density at radius 2 is 2.14 bits per heavy atom. The number of nitrogens with one attached hydrogen (secondary N) is 3. The second-order valence-electron chi connectivity index (χ2n) is 5.12. The van der Waals surface area contributed by atoms with Gasteiger partial charge in [0.1, 0.15) is 4.90 Å². The zero-order valence-corrected chi connectivity index (χ0v) is 12.0. The third-order valence-corrected chi connectivity index (χ3v) is 5.11. The summed E-state index contributed by atoms with van der Waals surface area (Å²) in [4.78, 5) is 14.2. The van der Waals surface area contributed by atoms with Crippen molar-refractivity contribution in [3.05, 3.63) is 24.4 Å². The van der Waals surface area contributed by atoms with E-state index in [-0.39, 0.29) is 16.8 Å². The fourth-order valence-corrected chi connectivity index (χ4v) is 3.89. The number of sulfonamides is 1. The van der Waals surface area contributed by atoms with Crippen molar-refractivity contribution in [1.82, 2.24) is 15.0 Å². The van der Waals surface area contributed by atoms with Crippen molar-refractivity contribution in [3.63, 3.8) is 0 Å². The van der Waals surface area contributed by atoms with Crippen LogP contribution in [0.15, 0.2) is 29.3 Å². The van der Waals surface area contributed by atoms with Gasteiger partial charge in [-0.25, -0.2) is 13.1 Å². The van der Waals surface area contributed by atoms with Crippen molar-refractivity contribution in [3.8, 4) is 0 Å². The topological polar surface area (TPSA) is 117 Å². The molecule has 0 aliphatic carbocycles. The third kappa shape index (κ3) is 2.72. The molecule has 0 spiro atoms. The van der Waals surface area contributed by atoms with Crippen LogP contribution in [-0.2, 0) is 14.8 Å². The summed E-state index contributed by atoms with van der Waals surface area (Å²) in [6, 6.07) is 4.78. The minimum atomic E-state index is -3.67.